The molecule has 0 unspecified atom stereocenters. The fraction of sp³-hybridized carbons (Fsp3) is 0.533. The Balaban J connectivity index is 0. The number of halogens is 1. The number of carbonyl (C=O) groups is 1. The highest BCUT2D eigenvalue weighted by molar-refractivity contribution is 5.90. The van der Waals surface area contributed by atoms with Crippen LogP contribution in [-0.2, 0) is 0 Å². The van der Waals surface area contributed by atoms with Crippen molar-refractivity contribution in [1.29, 1.82) is 0 Å². The second kappa shape index (κ2) is 9.61. The van der Waals surface area contributed by atoms with Gasteiger partial charge in [-0.1, -0.05) is 32.0 Å². The van der Waals surface area contributed by atoms with Gasteiger partial charge in [0.15, 0.2) is 0 Å². The van der Waals surface area contributed by atoms with Crippen LogP contribution in [0.3, 0.4) is 0 Å². The van der Waals surface area contributed by atoms with Crippen LogP contribution < -0.4 is 28.4 Å². The summed E-state index contributed by atoms with van der Waals surface area (Å²) in [6, 6.07) is 6.33. The van der Waals surface area contributed by atoms with Crippen molar-refractivity contribution in [2.24, 2.45) is 0 Å². The number of amides is 2. The molecule has 114 valence electrons. The van der Waals surface area contributed by atoms with Crippen LogP contribution in [-0.4, -0.2) is 25.2 Å². The van der Waals surface area contributed by atoms with Crippen LogP contribution in [0.25, 0.3) is 0 Å². The van der Waals surface area contributed by atoms with Crippen molar-refractivity contribution in [2.75, 3.05) is 18.4 Å². The maximum absolute atomic E-state index is 11.8. The minimum atomic E-state index is -0.137. The van der Waals surface area contributed by atoms with Crippen LogP contribution in [0.15, 0.2) is 18.2 Å². The van der Waals surface area contributed by atoms with Gasteiger partial charge in [0.2, 0.25) is 0 Å². The van der Waals surface area contributed by atoms with Crippen LogP contribution in [0, 0.1) is 13.8 Å². The van der Waals surface area contributed by atoms with Gasteiger partial charge in [-0.25, -0.2) is 4.79 Å². The number of hydrogen-bond donors (Lipinski definition) is 3. The van der Waals surface area contributed by atoms with E-state index in [9.17, 15) is 4.79 Å². The van der Waals surface area contributed by atoms with Crippen LogP contribution in [0.1, 0.15) is 32.8 Å². The molecule has 0 aromatic heterocycles. The average Bonchev–Trinajstić information content (AvgIpc) is 2.33. The number of anilines is 1. The second-order valence-electron chi connectivity index (χ2n) is 5.11. The Kier molecular flexibility index (Phi) is 9.01. The molecule has 0 aliphatic rings. The van der Waals surface area contributed by atoms with Crippen molar-refractivity contribution in [2.45, 2.75) is 40.2 Å². The topological polar surface area (TPSA) is 53.2 Å². The first-order valence-corrected chi connectivity index (χ1v) is 6.85. The van der Waals surface area contributed by atoms with Crippen LogP contribution in [0.5, 0.6) is 0 Å². The molecule has 0 saturated carbocycles. The second-order valence-corrected chi connectivity index (χ2v) is 5.11. The summed E-state index contributed by atoms with van der Waals surface area (Å²) in [7, 11) is 0. The lowest BCUT2D eigenvalue weighted by molar-refractivity contribution is -0.00000754. The van der Waals surface area contributed by atoms with E-state index >= 15 is 0 Å². The molecule has 0 aliphatic carbocycles. The van der Waals surface area contributed by atoms with E-state index in [0.29, 0.717) is 12.6 Å². The van der Waals surface area contributed by atoms with Gasteiger partial charge in [-0.15, -0.1) is 0 Å². The molecule has 0 bridgehead atoms. The predicted octanol–water partition coefficient (Wildman–Crippen LogP) is -0.0705. The zero-order valence-corrected chi connectivity index (χ0v) is 13.5. The number of rotatable bonds is 6. The molecule has 2 amide bonds. The summed E-state index contributed by atoms with van der Waals surface area (Å²) >= 11 is 0. The van der Waals surface area contributed by atoms with E-state index in [1.54, 1.807) is 0 Å². The number of nitrogens with one attached hydrogen (secondary N) is 3. The first kappa shape index (κ1) is 18.7. The van der Waals surface area contributed by atoms with Gasteiger partial charge in [0.1, 0.15) is 0 Å². The van der Waals surface area contributed by atoms with Gasteiger partial charge < -0.3 is 28.4 Å². The predicted molar refractivity (Wildman–Crippen MR) is 81.8 cm³/mol. The van der Waals surface area contributed by atoms with E-state index in [-0.39, 0.29) is 19.9 Å². The van der Waals surface area contributed by atoms with Crippen LogP contribution in [0.4, 0.5) is 10.5 Å². The lowest BCUT2D eigenvalue weighted by Gasteiger charge is -2.13. The Labute approximate surface area is 129 Å². The average molecular weight is 300 g/mol. The van der Waals surface area contributed by atoms with Crippen molar-refractivity contribution >= 4 is 11.7 Å². The highest BCUT2D eigenvalue weighted by Gasteiger charge is 2.05. The fourth-order valence-electron chi connectivity index (χ4n) is 1.85. The third kappa shape index (κ3) is 6.78. The Morgan fingerprint density at radius 3 is 2.35 bits per heavy atom. The summed E-state index contributed by atoms with van der Waals surface area (Å²) in [5.74, 6) is 0. The fourth-order valence-corrected chi connectivity index (χ4v) is 1.85. The summed E-state index contributed by atoms with van der Waals surface area (Å²) < 4.78 is 0. The summed E-state index contributed by atoms with van der Waals surface area (Å²) in [6.07, 6.45) is 0.929. The van der Waals surface area contributed by atoms with Crippen molar-refractivity contribution in [3.63, 3.8) is 0 Å². The monoisotopic (exact) mass is 299 g/mol. The molecule has 0 radical (unpaired) electrons. The molecule has 0 atom stereocenters. The third-order valence-electron chi connectivity index (χ3n) is 2.91. The van der Waals surface area contributed by atoms with Crippen molar-refractivity contribution in [3.8, 4) is 0 Å². The van der Waals surface area contributed by atoms with E-state index in [1.807, 2.05) is 32.0 Å². The largest absolute Gasteiger partial charge is 1.00 e. The standard InChI is InChI=1S/C15H25N3O.ClH/c1-11(2)16-9-6-10-17-15(19)18-14-12(3)7-5-8-13(14)4;/h5,7-8,11,16H,6,9-10H2,1-4H3,(H2,17,18,19);1H. The minimum Gasteiger partial charge on any atom is -1.00 e. The molecule has 1 aromatic carbocycles. The Morgan fingerprint density at radius 1 is 1.20 bits per heavy atom. The first-order valence-electron chi connectivity index (χ1n) is 6.85. The minimum absolute atomic E-state index is 0. The molecule has 3 N–H and O–H groups in total. The molecule has 5 heteroatoms. The Morgan fingerprint density at radius 2 is 1.80 bits per heavy atom. The van der Waals surface area contributed by atoms with Gasteiger partial charge in [0.05, 0.1) is 0 Å². The van der Waals surface area contributed by atoms with Gasteiger partial charge in [0, 0.05) is 18.3 Å². The van der Waals surface area contributed by atoms with Crippen LogP contribution in [0.2, 0.25) is 0 Å². The van der Waals surface area contributed by atoms with Crippen molar-refractivity contribution in [3.05, 3.63) is 29.3 Å². The van der Waals surface area contributed by atoms with Gasteiger partial charge >= 0.3 is 7.46 Å². The quantitative estimate of drug-likeness (QED) is 0.644. The van der Waals surface area contributed by atoms with E-state index < -0.39 is 0 Å². The molecular weight excluding hydrogens is 274 g/mol. The number of para-hydroxylation sites is 1. The van der Waals surface area contributed by atoms with Gasteiger partial charge in [0.25, 0.3) is 0 Å². The molecule has 0 aliphatic heterocycles. The van der Waals surface area contributed by atoms with E-state index in [2.05, 4.69) is 29.8 Å². The number of urea groups is 1. The maximum Gasteiger partial charge on any atom is 1.00 e. The molecule has 0 fully saturated rings. The number of hydrogen-bond acceptors (Lipinski definition) is 2. The summed E-state index contributed by atoms with van der Waals surface area (Å²) in [5, 5.41) is 9.09. The lowest BCUT2D eigenvalue weighted by atomic mass is 10.1. The summed E-state index contributed by atoms with van der Waals surface area (Å²) in [4.78, 5) is 11.8. The molecule has 1 rings (SSSR count). The van der Waals surface area contributed by atoms with Crippen molar-refractivity contribution in [1.82, 2.24) is 10.6 Å². The molecular formula is C15H26ClN3O. The van der Waals surface area contributed by atoms with E-state index in [0.717, 1.165) is 29.8 Å². The lowest BCUT2D eigenvalue weighted by Crippen LogP contribution is -3.00. The third-order valence-corrected chi connectivity index (χ3v) is 2.91. The number of aryl methyl sites for hydroxylation is 2. The molecule has 1 aromatic rings. The smallest absolute Gasteiger partial charge is 1.00 e. The first-order chi connectivity index (χ1) is 9.00. The molecule has 0 heterocycles. The molecule has 0 saturated heterocycles. The number of benzene rings is 1. The van der Waals surface area contributed by atoms with Gasteiger partial charge in [-0.3, -0.25) is 0 Å². The zero-order chi connectivity index (χ0) is 14.3. The van der Waals surface area contributed by atoms with E-state index in [4.69, 9.17) is 0 Å². The van der Waals surface area contributed by atoms with Gasteiger partial charge in [-0.2, -0.15) is 0 Å². The number of carbonyl (C=O) groups excluding carboxylic acids is 1. The normalized spacial score (nSPS) is 10.1. The van der Waals surface area contributed by atoms with Crippen LogP contribution >= 0.6 is 0 Å². The zero-order valence-electron chi connectivity index (χ0n) is 13.7. The molecule has 20 heavy (non-hydrogen) atoms. The van der Waals surface area contributed by atoms with E-state index in [1.165, 1.54) is 0 Å². The summed E-state index contributed by atoms with van der Waals surface area (Å²) in [6.45, 7) is 9.81. The molecule has 0 spiro atoms. The highest BCUT2D eigenvalue weighted by atomic mass is 35.5. The van der Waals surface area contributed by atoms with Gasteiger partial charge in [-0.05, 0) is 37.9 Å². The maximum atomic E-state index is 11.8. The highest BCUT2D eigenvalue weighted by Crippen LogP contribution is 2.18. The van der Waals surface area contributed by atoms with Crippen molar-refractivity contribution < 1.29 is 18.6 Å². The molecule has 4 nitrogen and oxygen atoms in total. The Bertz CT molecular complexity index is 407. The summed E-state index contributed by atoms with van der Waals surface area (Å²) in [5.41, 5.74) is 3.06. The Hall–Kier alpha value is -1.26. The SMILES string of the molecule is Cc1cccc(C)c1NC(=O)NCCCNC(C)C.[Cl-].[H+].